The van der Waals surface area contributed by atoms with Crippen LogP contribution in [0.5, 0.6) is 5.75 Å². The molecule has 0 aliphatic rings. The molecule has 1 amide bonds. The van der Waals surface area contributed by atoms with E-state index in [1.807, 2.05) is 0 Å². The number of unbranched alkanes of at least 4 members (excludes halogenated alkanes) is 1. The molecule has 3 nitrogen and oxygen atoms in total. The summed E-state index contributed by atoms with van der Waals surface area (Å²) in [7, 11) is 0. The van der Waals surface area contributed by atoms with Gasteiger partial charge in [-0.15, -0.1) is 12.3 Å². The largest absolute Gasteiger partial charge is 0.508 e. The van der Waals surface area contributed by atoms with Crippen LogP contribution in [0.1, 0.15) is 23.2 Å². The fourth-order valence-corrected chi connectivity index (χ4v) is 1.11. The molecule has 0 heterocycles. The van der Waals surface area contributed by atoms with Crippen molar-refractivity contribution in [1.82, 2.24) is 5.32 Å². The van der Waals surface area contributed by atoms with Crippen LogP contribution in [0.25, 0.3) is 0 Å². The van der Waals surface area contributed by atoms with E-state index in [1.54, 1.807) is 12.1 Å². The first-order chi connectivity index (χ1) is 7.24. The summed E-state index contributed by atoms with van der Waals surface area (Å²) in [6, 6.07) is 6.12. The molecule has 2 N–H and O–H groups in total. The van der Waals surface area contributed by atoms with Crippen molar-refractivity contribution in [3.05, 3.63) is 29.8 Å². The molecule has 0 bridgehead atoms. The Balaban J connectivity index is 2.41. The molecule has 0 aliphatic heterocycles. The fourth-order valence-electron chi connectivity index (χ4n) is 1.11. The molecule has 1 aromatic carbocycles. The minimum absolute atomic E-state index is 0.146. The van der Waals surface area contributed by atoms with Crippen molar-refractivity contribution in [3.63, 3.8) is 0 Å². The zero-order valence-corrected chi connectivity index (χ0v) is 8.36. The lowest BCUT2D eigenvalue weighted by molar-refractivity contribution is 0.0953. The third-order valence-electron chi connectivity index (χ3n) is 1.91. The van der Waals surface area contributed by atoms with Gasteiger partial charge in [0.1, 0.15) is 5.75 Å². The highest BCUT2D eigenvalue weighted by Gasteiger charge is 2.03. The van der Waals surface area contributed by atoms with E-state index in [9.17, 15) is 4.79 Å². The predicted molar refractivity (Wildman–Crippen MR) is 58.5 cm³/mol. The van der Waals surface area contributed by atoms with Crippen LogP contribution >= 0.6 is 0 Å². The summed E-state index contributed by atoms with van der Waals surface area (Å²) in [5.74, 6) is 2.51. The molecular formula is C12H13NO2. The van der Waals surface area contributed by atoms with Crippen LogP contribution in [-0.4, -0.2) is 17.6 Å². The second kappa shape index (κ2) is 5.71. The molecule has 0 spiro atoms. The fraction of sp³-hybridized carbons (Fsp3) is 0.250. The Kier molecular flexibility index (Phi) is 4.24. The topological polar surface area (TPSA) is 49.3 Å². The Labute approximate surface area is 89.1 Å². The summed E-state index contributed by atoms with van der Waals surface area (Å²) >= 11 is 0. The van der Waals surface area contributed by atoms with E-state index in [0.29, 0.717) is 18.5 Å². The number of benzene rings is 1. The number of carbonyl (C=O) groups is 1. The van der Waals surface area contributed by atoms with Crippen molar-refractivity contribution >= 4 is 5.91 Å². The summed E-state index contributed by atoms with van der Waals surface area (Å²) in [6.45, 7) is 0.573. The van der Waals surface area contributed by atoms with Crippen LogP contribution in [0.4, 0.5) is 0 Å². The maximum atomic E-state index is 11.5. The highest BCUT2D eigenvalue weighted by atomic mass is 16.3. The van der Waals surface area contributed by atoms with Gasteiger partial charge in [0, 0.05) is 18.5 Å². The first kappa shape index (κ1) is 11.1. The molecule has 15 heavy (non-hydrogen) atoms. The highest BCUT2D eigenvalue weighted by Crippen LogP contribution is 2.09. The van der Waals surface area contributed by atoms with Crippen LogP contribution in [0.15, 0.2) is 24.3 Å². The van der Waals surface area contributed by atoms with Gasteiger partial charge in [-0.2, -0.15) is 0 Å². The predicted octanol–water partition coefficient (Wildman–Crippen LogP) is 1.54. The average molecular weight is 203 g/mol. The van der Waals surface area contributed by atoms with Crippen molar-refractivity contribution < 1.29 is 9.90 Å². The standard InChI is InChI=1S/C12H13NO2/c1-2-3-4-9-13-12(15)10-5-7-11(14)8-6-10/h1,5-8,14H,3-4,9H2,(H,13,15). The van der Waals surface area contributed by atoms with Crippen LogP contribution in [0.3, 0.4) is 0 Å². The van der Waals surface area contributed by atoms with E-state index in [2.05, 4.69) is 11.2 Å². The minimum Gasteiger partial charge on any atom is -0.508 e. The molecule has 1 rings (SSSR count). The van der Waals surface area contributed by atoms with Gasteiger partial charge in [0.05, 0.1) is 0 Å². The Morgan fingerprint density at radius 2 is 2.07 bits per heavy atom. The first-order valence-corrected chi connectivity index (χ1v) is 4.74. The van der Waals surface area contributed by atoms with Gasteiger partial charge in [-0.05, 0) is 30.7 Å². The molecule has 3 heteroatoms. The van der Waals surface area contributed by atoms with Gasteiger partial charge in [-0.1, -0.05) is 0 Å². The minimum atomic E-state index is -0.146. The lowest BCUT2D eigenvalue weighted by Crippen LogP contribution is -2.24. The Hall–Kier alpha value is -1.95. The summed E-state index contributed by atoms with van der Waals surface area (Å²) in [5, 5.41) is 11.8. The Morgan fingerprint density at radius 1 is 1.40 bits per heavy atom. The SMILES string of the molecule is C#CCCCNC(=O)c1ccc(O)cc1. The monoisotopic (exact) mass is 203 g/mol. The van der Waals surface area contributed by atoms with E-state index in [-0.39, 0.29) is 11.7 Å². The quantitative estimate of drug-likeness (QED) is 0.576. The van der Waals surface area contributed by atoms with Crippen molar-refractivity contribution in [2.24, 2.45) is 0 Å². The maximum absolute atomic E-state index is 11.5. The average Bonchev–Trinajstić information content (AvgIpc) is 2.25. The third-order valence-corrected chi connectivity index (χ3v) is 1.91. The molecule has 0 aromatic heterocycles. The number of hydrogen-bond acceptors (Lipinski definition) is 2. The van der Waals surface area contributed by atoms with Crippen molar-refractivity contribution in [2.45, 2.75) is 12.8 Å². The zero-order valence-electron chi connectivity index (χ0n) is 8.36. The van der Waals surface area contributed by atoms with Gasteiger partial charge < -0.3 is 10.4 Å². The molecule has 0 unspecified atom stereocenters. The summed E-state index contributed by atoms with van der Waals surface area (Å²) < 4.78 is 0. The van der Waals surface area contributed by atoms with Crippen LogP contribution in [0.2, 0.25) is 0 Å². The normalized spacial score (nSPS) is 9.27. The summed E-state index contributed by atoms with van der Waals surface area (Å²) in [6.07, 6.45) is 6.52. The van der Waals surface area contributed by atoms with Crippen molar-refractivity contribution in [3.8, 4) is 18.1 Å². The van der Waals surface area contributed by atoms with Crippen LogP contribution < -0.4 is 5.32 Å². The third kappa shape index (κ3) is 3.74. The number of rotatable bonds is 4. The van der Waals surface area contributed by atoms with E-state index in [0.717, 1.165) is 6.42 Å². The van der Waals surface area contributed by atoms with Crippen molar-refractivity contribution in [2.75, 3.05) is 6.54 Å². The van der Waals surface area contributed by atoms with E-state index >= 15 is 0 Å². The second-order valence-electron chi connectivity index (χ2n) is 3.11. The molecule has 0 radical (unpaired) electrons. The first-order valence-electron chi connectivity index (χ1n) is 4.74. The number of phenols is 1. The Bertz CT molecular complexity index is 362. The van der Waals surface area contributed by atoms with E-state index in [4.69, 9.17) is 11.5 Å². The molecule has 78 valence electrons. The molecule has 0 fully saturated rings. The number of nitrogens with one attached hydrogen (secondary N) is 1. The van der Waals surface area contributed by atoms with Crippen molar-refractivity contribution in [1.29, 1.82) is 0 Å². The molecule has 0 atom stereocenters. The number of hydrogen-bond donors (Lipinski definition) is 2. The molecule has 0 aliphatic carbocycles. The Morgan fingerprint density at radius 3 is 2.67 bits per heavy atom. The lowest BCUT2D eigenvalue weighted by atomic mass is 10.2. The molecule has 0 saturated carbocycles. The second-order valence-corrected chi connectivity index (χ2v) is 3.11. The molecule has 0 saturated heterocycles. The van der Waals surface area contributed by atoms with Gasteiger partial charge in [0.25, 0.3) is 5.91 Å². The number of amides is 1. The van der Waals surface area contributed by atoms with Gasteiger partial charge in [-0.25, -0.2) is 0 Å². The van der Waals surface area contributed by atoms with Crippen LogP contribution in [0, 0.1) is 12.3 Å². The molecular weight excluding hydrogens is 190 g/mol. The smallest absolute Gasteiger partial charge is 0.251 e. The summed E-state index contributed by atoms with van der Waals surface area (Å²) in [5.41, 5.74) is 0.536. The van der Waals surface area contributed by atoms with Gasteiger partial charge in [-0.3, -0.25) is 4.79 Å². The lowest BCUT2D eigenvalue weighted by Gasteiger charge is -2.03. The number of aromatic hydroxyl groups is 1. The van der Waals surface area contributed by atoms with Gasteiger partial charge in [0.2, 0.25) is 0 Å². The van der Waals surface area contributed by atoms with Gasteiger partial charge >= 0.3 is 0 Å². The highest BCUT2D eigenvalue weighted by molar-refractivity contribution is 5.94. The maximum Gasteiger partial charge on any atom is 0.251 e. The molecule has 1 aromatic rings. The summed E-state index contributed by atoms with van der Waals surface area (Å²) in [4.78, 5) is 11.5. The van der Waals surface area contributed by atoms with Crippen LogP contribution in [-0.2, 0) is 0 Å². The van der Waals surface area contributed by atoms with E-state index < -0.39 is 0 Å². The number of carbonyl (C=O) groups excluding carboxylic acids is 1. The number of phenolic OH excluding ortho intramolecular Hbond substituents is 1. The van der Waals surface area contributed by atoms with Gasteiger partial charge in [0.15, 0.2) is 0 Å². The van der Waals surface area contributed by atoms with E-state index in [1.165, 1.54) is 12.1 Å². The zero-order chi connectivity index (χ0) is 11.1. The number of terminal acetylenes is 1.